The van der Waals surface area contributed by atoms with Gasteiger partial charge < -0.3 is 14.8 Å². The van der Waals surface area contributed by atoms with Crippen molar-refractivity contribution in [2.24, 2.45) is 0 Å². The minimum absolute atomic E-state index is 0.107. The molecule has 2 aromatic carbocycles. The monoisotopic (exact) mass is 299 g/mol. The van der Waals surface area contributed by atoms with E-state index in [1.807, 2.05) is 43.3 Å². The van der Waals surface area contributed by atoms with Crippen LogP contribution in [0.2, 0.25) is 0 Å². The Morgan fingerprint density at radius 3 is 2.77 bits per heavy atom. The minimum atomic E-state index is -0.107. The Bertz CT molecular complexity index is 662. The quantitative estimate of drug-likeness (QED) is 0.922. The van der Waals surface area contributed by atoms with Gasteiger partial charge in [0.15, 0.2) is 0 Å². The van der Waals surface area contributed by atoms with Gasteiger partial charge in [-0.1, -0.05) is 24.3 Å². The van der Waals surface area contributed by atoms with Gasteiger partial charge in [-0.25, -0.2) is 0 Å². The van der Waals surface area contributed by atoms with E-state index in [9.17, 15) is 4.79 Å². The molecule has 1 atom stereocenters. The summed E-state index contributed by atoms with van der Waals surface area (Å²) in [6.45, 7) is 3.80. The summed E-state index contributed by atoms with van der Waals surface area (Å²) in [7, 11) is 0. The van der Waals surface area contributed by atoms with Gasteiger partial charge in [0.1, 0.15) is 5.75 Å². The molecule has 3 rings (SSSR count). The molecule has 2 aromatic rings. The van der Waals surface area contributed by atoms with Crippen LogP contribution in [0.1, 0.15) is 30.1 Å². The third-order valence-corrected chi connectivity index (χ3v) is 3.91. The van der Waals surface area contributed by atoms with E-state index in [0.717, 1.165) is 30.2 Å². The molecule has 116 valence electrons. The molecule has 1 heterocycles. The summed E-state index contributed by atoms with van der Waals surface area (Å²) >= 11 is 0. The highest BCUT2D eigenvalue weighted by Crippen LogP contribution is 2.26. The molecule has 1 fully saturated rings. The summed E-state index contributed by atoms with van der Waals surface area (Å²) in [5.74, 6) is 0.524. The molecule has 4 nitrogen and oxygen atoms in total. The van der Waals surface area contributed by atoms with E-state index in [4.69, 9.17) is 9.47 Å². The summed E-state index contributed by atoms with van der Waals surface area (Å²) in [6.07, 6.45) is 2.22. The zero-order valence-corrected chi connectivity index (χ0v) is 12.8. The van der Waals surface area contributed by atoms with Crippen LogP contribution in [-0.4, -0.2) is 31.8 Å². The predicted octanol–water partition coefficient (Wildman–Crippen LogP) is 3.15. The summed E-state index contributed by atoms with van der Waals surface area (Å²) in [5, 5.41) is 5.07. The second-order valence-corrected chi connectivity index (χ2v) is 5.47. The van der Waals surface area contributed by atoms with E-state index in [1.54, 1.807) is 0 Å². The van der Waals surface area contributed by atoms with Crippen molar-refractivity contribution in [3.8, 4) is 5.75 Å². The number of carbonyl (C=O) groups excluding carboxylic acids is 1. The van der Waals surface area contributed by atoms with E-state index >= 15 is 0 Å². The van der Waals surface area contributed by atoms with Crippen molar-refractivity contribution in [2.45, 2.75) is 25.9 Å². The average Bonchev–Trinajstić information content (AvgIpc) is 3.06. The number of benzene rings is 2. The molecule has 0 aromatic heterocycles. The maximum atomic E-state index is 12.5. The van der Waals surface area contributed by atoms with Gasteiger partial charge in [-0.3, -0.25) is 4.79 Å². The summed E-state index contributed by atoms with van der Waals surface area (Å²) in [6, 6.07) is 11.8. The average molecular weight is 299 g/mol. The number of rotatable bonds is 5. The first-order valence-corrected chi connectivity index (χ1v) is 7.83. The van der Waals surface area contributed by atoms with Crippen molar-refractivity contribution in [1.29, 1.82) is 0 Å². The lowest BCUT2D eigenvalue weighted by molar-refractivity contribution is 0.0855. The summed E-state index contributed by atoms with van der Waals surface area (Å²) < 4.78 is 11.2. The highest BCUT2D eigenvalue weighted by atomic mass is 16.5. The van der Waals surface area contributed by atoms with Gasteiger partial charge in [-0.2, -0.15) is 0 Å². The van der Waals surface area contributed by atoms with Crippen LogP contribution in [0.5, 0.6) is 5.75 Å². The van der Waals surface area contributed by atoms with Crippen LogP contribution in [0, 0.1) is 0 Å². The maximum absolute atomic E-state index is 12.5. The van der Waals surface area contributed by atoms with Crippen LogP contribution >= 0.6 is 0 Å². The Hall–Kier alpha value is -2.07. The summed E-state index contributed by atoms with van der Waals surface area (Å²) in [4.78, 5) is 12.5. The number of fused-ring (bicyclic) bond motifs is 1. The number of hydrogen-bond donors (Lipinski definition) is 1. The third kappa shape index (κ3) is 3.22. The first-order valence-electron chi connectivity index (χ1n) is 7.83. The fourth-order valence-corrected chi connectivity index (χ4v) is 2.78. The summed E-state index contributed by atoms with van der Waals surface area (Å²) in [5.41, 5.74) is 0.582. The molecule has 1 unspecified atom stereocenters. The molecule has 1 amide bonds. The number of nitrogens with one attached hydrogen (secondary N) is 1. The molecule has 0 bridgehead atoms. The van der Waals surface area contributed by atoms with E-state index in [-0.39, 0.29) is 12.0 Å². The molecule has 1 aliphatic heterocycles. The van der Waals surface area contributed by atoms with Crippen molar-refractivity contribution in [3.05, 3.63) is 42.0 Å². The molecule has 0 aliphatic carbocycles. The standard InChI is InChI=1S/C18H21NO3/c1-2-21-17-11-14-7-4-3-6-13(14)10-16(17)18(20)19-12-15-8-5-9-22-15/h3-4,6-7,10-11,15H,2,5,8-9,12H2,1H3,(H,19,20). The Morgan fingerprint density at radius 1 is 1.32 bits per heavy atom. The van der Waals surface area contributed by atoms with Gasteiger partial charge in [-0.15, -0.1) is 0 Å². The number of carbonyl (C=O) groups is 1. The Morgan fingerprint density at radius 2 is 2.09 bits per heavy atom. The van der Waals surface area contributed by atoms with E-state index in [1.165, 1.54) is 0 Å². The predicted molar refractivity (Wildman–Crippen MR) is 86.4 cm³/mol. The second-order valence-electron chi connectivity index (χ2n) is 5.47. The normalized spacial score (nSPS) is 17.6. The molecule has 22 heavy (non-hydrogen) atoms. The molecule has 0 saturated carbocycles. The Kier molecular flexibility index (Phi) is 4.59. The molecule has 1 aliphatic rings. The fraction of sp³-hybridized carbons (Fsp3) is 0.389. The minimum Gasteiger partial charge on any atom is -0.493 e. The molecular weight excluding hydrogens is 278 g/mol. The first kappa shape index (κ1) is 14.9. The van der Waals surface area contributed by atoms with Gasteiger partial charge in [-0.05, 0) is 42.7 Å². The lowest BCUT2D eigenvalue weighted by Gasteiger charge is -2.14. The largest absolute Gasteiger partial charge is 0.493 e. The molecule has 0 spiro atoms. The maximum Gasteiger partial charge on any atom is 0.255 e. The Labute approximate surface area is 130 Å². The van der Waals surface area contributed by atoms with Crippen molar-refractivity contribution in [3.63, 3.8) is 0 Å². The van der Waals surface area contributed by atoms with Crippen LogP contribution in [0.15, 0.2) is 36.4 Å². The van der Waals surface area contributed by atoms with Gasteiger partial charge in [0.05, 0.1) is 18.3 Å². The van der Waals surface area contributed by atoms with Gasteiger partial charge in [0.25, 0.3) is 5.91 Å². The van der Waals surface area contributed by atoms with Crippen LogP contribution in [0.25, 0.3) is 10.8 Å². The Balaban J connectivity index is 1.83. The van der Waals surface area contributed by atoms with E-state index < -0.39 is 0 Å². The van der Waals surface area contributed by atoms with Crippen molar-refractivity contribution < 1.29 is 14.3 Å². The lowest BCUT2D eigenvalue weighted by Crippen LogP contribution is -2.32. The number of hydrogen-bond acceptors (Lipinski definition) is 3. The van der Waals surface area contributed by atoms with Crippen LogP contribution in [0.4, 0.5) is 0 Å². The van der Waals surface area contributed by atoms with Gasteiger partial charge >= 0.3 is 0 Å². The fourth-order valence-electron chi connectivity index (χ4n) is 2.78. The molecule has 0 radical (unpaired) electrons. The van der Waals surface area contributed by atoms with E-state index in [2.05, 4.69) is 5.32 Å². The van der Waals surface area contributed by atoms with Crippen molar-refractivity contribution >= 4 is 16.7 Å². The van der Waals surface area contributed by atoms with Crippen molar-refractivity contribution in [2.75, 3.05) is 19.8 Å². The highest BCUT2D eigenvalue weighted by Gasteiger charge is 2.19. The van der Waals surface area contributed by atoms with Gasteiger partial charge in [0.2, 0.25) is 0 Å². The molecular formula is C18H21NO3. The molecule has 1 N–H and O–H groups in total. The van der Waals surface area contributed by atoms with Crippen LogP contribution in [0.3, 0.4) is 0 Å². The number of amides is 1. The highest BCUT2D eigenvalue weighted by molar-refractivity contribution is 6.01. The van der Waals surface area contributed by atoms with Gasteiger partial charge in [0, 0.05) is 13.2 Å². The number of ether oxygens (including phenoxy) is 2. The first-order chi connectivity index (χ1) is 10.8. The van der Waals surface area contributed by atoms with Crippen LogP contribution < -0.4 is 10.1 Å². The van der Waals surface area contributed by atoms with E-state index in [0.29, 0.717) is 24.5 Å². The lowest BCUT2D eigenvalue weighted by atomic mass is 10.1. The third-order valence-electron chi connectivity index (χ3n) is 3.91. The zero-order chi connectivity index (χ0) is 15.4. The SMILES string of the molecule is CCOc1cc2ccccc2cc1C(=O)NCC1CCCO1. The smallest absolute Gasteiger partial charge is 0.255 e. The molecule has 1 saturated heterocycles. The van der Waals surface area contributed by atoms with Crippen molar-refractivity contribution in [1.82, 2.24) is 5.32 Å². The molecule has 4 heteroatoms. The van der Waals surface area contributed by atoms with Crippen LogP contribution in [-0.2, 0) is 4.74 Å². The topological polar surface area (TPSA) is 47.6 Å². The second kappa shape index (κ2) is 6.79. The zero-order valence-electron chi connectivity index (χ0n) is 12.8.